The molecule has 1 aromatic rings. The summed E-state index contributed by atoms with van der Waals surface area (Å²) in [7, 11) is 0. The van der Waals surface area contributed by atoms with Crippen molar-refractivity contribution in [2.24, 2.45) is 0 Å². The largest absolute Gasteiger partial charge is 0.421 e. The molecule has 2 rings (SSSR count). The van der Waals surface area contributed by atoms with Gasteiger partial charge in [-0.3, -0.25) is 9.59 Å². The second-order valence-corrected chi connectivity index (χ2v) is 5.45. The first kappa shape index (κ1) is 17.5. The number of aliphatic hydroxyl groups is 1. The fourth-order valence-electron chi connectivity index (χ4n) is 2.55. The van der Waals surface area contributed by atoms with Crippen molar-refractivity contribution in [1.29, 1.82) is 0 Å². The van der Waals surface area contributed by atoms with E-state index in [1.807, 2.05) is 4.98 Å². The summed E-state index contributed by atoms with van der Waals surface area (Å²) in [5, 5.41) is 11.8. The Labute approximate surface area is 129 Å². The number of pyridine rings is 1. The Morgan fingerprint density at radius 2 is 2.04 bits per heavy atom. The average molecular weight is 334 g/mol. The van der Waals surface area contributed by atoms with Gasteiger partial charge in [0.2, 0.25) is 0 Å². The summed E-state index contributed by atoms with van der Waals surface area (Å²) in [6.45, 7) is 0.610. The summed E-state index contributed by atoms with van der Waals surface area (Å²) in [4.78, 5) is 25.4. The second-order valence-electron chi connectivity index (χ2n) is 5.45. The molecule has 1 aliphatic heterocycles. The topological polar surface area (TPSA) is 91.4 Å². The number of nitrogens with one attached hydrogen (secondary N) is 2. The number of aromatic amines is 1. The lowest BCUT2D eigenvalue weighted by Crippen LogP contribution is -2.52. The van der Waals surface area contributed by atoms with Crippen molar-refractivity contribution in [3.05, 3.63) is 33.7 Å². The van der Waals surface area contributed by atoms with Gasteiger partial charge < -0.3 is 20.1 Å². The van der Waals surface area contributed by atoms with Crippen molar-refractivity contribution < 1.29 is 27.8 Å². The third-order valence-corrected chi connectivity index (χ3v) is 3.89. The second kappa shape index (κ2) is 6.71. The molecule has 1 fully saturated rings. The summed E-state index contributed by atoms with van der Waals surface area (Å²) in [6.07, 6.45) is -2.72. The quantitative estimate of drug-likeness (QED) is 0.768. The Kier molecular flexibility index (Phi) is 5.10. The molecule has 128 valence electrons. The molecule has 0 bridgehead atoms. The SMILES string of the molecule is O=C(NC1(CCO)CCOCC1)c1c[nH]c(=O)c(C(F)(F)F)c1. The lowest BCUT2D eigenvalue weighted by Gasteiger charge is -2.37. The van der Waals surface area contributed by atoms with E-state index in [0.29, 0.717) is 32.1 Å². The molecular formula is C14H17F3N2O4. The Morgan fingerprint density at radius 1 is 1.39 bits per heavy atom. The number of rotatable bonds is 4. The fourth-order valence-corrected chi connectivity index (χ4v) is 2.55. The van der Waals surface area contributed by atoms with Gasteiger partial charge in [0.15, 0.2) is 0 Å². The van der Waals surface area contributed by atoms with E-state index < -0.39 is 28.7 Å². The van der Waals surface area contributed by atoms with Crippen LogP contribution in [0.25, 0.3) is 0 Å². The molecule has 9 heteroatoms. The third-order valence-electron chi connectivity index (χ3n) is 3.89. The van der Waals surface area contributed by atoms with Crippen LogP contribution >= 0.6 is 0 Å². The number of amides is 1. The van der Waals surface area contributed by atoms with Crippen molar-refractivity contribution in [3.63, 3.8) is 0 Å². The number of hydrogen-bond donors (Lipinski definition) is 3. The predicted molar refractivity (Wildman–Crippen MR) is 74.0 cm³/mol. The molecule has 0 atom stereocenters. The van der Waals surface area contributed by atoms with Gasteiger partial charge in [0, 0.05) is 31.6 Å². The van der Waals surface area contributed by atoms with Crippen LogP contribution in [0.5, 0.6) is 0 Å². The standard InChI is InChI=1S/C14H17F3N2O4/c15-14(16,17)10-7-9(8-18-12(10)22)11(21)19-13(1-4-20)2-5-23-6-3-13/h7-8,20H,1-6H2,(H,18,22)(H,19,21). The van der Waals surface area contributed by atoms with Gasteiger partial charge in [-0.05, 0) is 25.3 Å². The van der Waals surface area contributed by atoms with E-state index in [2.05, 4.69) is 5.32 Å². The summed E-state index contributed by atoms with van der Waals surface area (Å²) in [6, 6.07) is 0.528. The molecule has 1 saturated heterocycles. The van der Waals surface area contributed by atoms with E-state index in [1.165, 1.54) is 0 Å². The van der Waals surface area contributed by atoms with E-state index in [9.17, 15) is 22.8 Å². The average Bonchev–Trinajstić information content (AvgIpc) is 2.47. The monoisotopic (exact) mass is 334 g/mol. The maximum atomic E-state index is 12.7. The molecule has 0 radical (unpaired) electrons. The van der Waals surface area contributed by atoms with Gasteiger partial charge in [0.1, 0.15) is 5.56 Å². The molecule has 3 N–H and O–H groups in total. The molecule has 1 aromatic heterocycles. The zero-order valence-electron chi connectivity index (χ0n) is 12.2. The molecule has 1 amide bonds. The van der Waals surface area contributed by atoms with Crippen LogP contribution in [0.4, 0.5) is 13.2 Å². The van der Waals surface area contributed by atoms with Crippen LogP contribution in [0.2, 0.25) is 0 Å². The van der Waals surface area contributed by atoms with Crippen LogP contribution < -0.4 is 10.9 Å². The number of carbonyl (C=O) groups excluding carboxylic acids is 1. The minimum atomic E-state index is -4.84. The van der Waals surface area contributed by atoms with Crippen molar-refractivity contribution in [1.82, 2.24) is 10.3 Å². The number of alkyl halides is 3. The van der Waals surface area contributed by atoms with Crippen LogP contribution in [0.1, 0.15) is 35.2 Å². The number of carbonyl (C=O) groups is 1. The van der Waals surface area contributed by atoms with Crippen molar-refractivity contribution >= 4 is 5.91 Å². The molecular weight excluding hydrogens is 317 g/mol. The molecule has 1 aliphatic rings. The Morgan fingerprint density at radius 3 is 2.61 bits per heavy atom. The van der Waals surface area contributed by atoms with E-state index in [-0.39, 0.29) is 18.6 Å². The lowest BCUT2D eigenvalue weighted by atomic mass is 9.86. The molecule has 0 aliphatic carbocycles. The highest BCUT2D eigenvalue weighted by atomic mass is 19.4. The smallest absolute Gasteiger partial charge is 0.396 e. The summed E-state index contributed by atoms with van der Waals surface area (Å²) >= 11 is 0. The van der Waals surface area contributed by atoms with Gasteiger partial charge >= 0.3 is 6.18 Å². The van der Waals surface area contributed by atoms with Gasteiger partial charge in [0.25, 0.3) is 11.5 Å². The first-order valence-electron chi connectivity index (χ1n) is 7.08. The maximum Gasteiger partial charge on any atom is 0.421 e. The van der Waals surface area contributed by atoms with Gasteiger partial charge in [0.05, 0.1) is 5.56 Å². The van der Waals surface area contributed by atoms with E-state index >= 15 is 0 Å². The number of aromatic nitrogens is 1. The minimum Gasteiger partial charge on any atom is -0.396 e. The zero-order chi connectivity index (χ0) is 17.1. The maximum absolute atomic E-state index is 12.7. The summed E-state index contributed by atoms with van der Waals surface area (Å²) in [5.74, 6) is -0.734. The number of aliphatic hydroxyl groups excluding tert-OH is 1. The molecule has 0 unspecified atom stereocenters. The number of ether oxygens (including phenoxy) is 1. The fraction of sp³-hybridized carbons (Fsp3) is 0.571. The van der Waals surface area contributed by atoms with E-state index in [0.717, 1.165) is 6.20 Å². The van der Waals surface area contributed by atoms with Crippen molar-refractivity contribution in [2.75, 3.05) is 19.8 Å². The van der Waals surface area contributed by atoms with Crippen molar-refractivity contribution in [2.45, 2.75) is 31.0 Å². The summed E-state index contributed by atoms with van der Waals surface area (Å²) in [5.41, 5.74) is -3.74. The Hall–Kier alpha value is -1.87. The molecule has 0 spiro atoms. The van der Waals surface area contributed by atoms with Crippen LogP contribution in [-0.4, -0.2) is 41.4 Å². The van der Waals surface area contributed by atoms with Crippen LogP contribution in [-0.2, 0) is 10.9 Å². The number of hydrogen-bond acceptors (Lipinski definition) is 4. The van der Waals surface area contributed by atoms with E-state index in [4.69, 9.17) is 9.84 Å². The molecule has 0 aromatic carbocycles. The highest BCUT2D eigenvalue weighted by Gasteiger charge is 2.36. The predicted octanol–water partition coefficient (Wildman–Crippen LogP) is 1.06. The Bertz CT molecular complexity index is 616. The zero-order valence-corrected chi connectivity index (χ0v) is 12.2. The van der Waals surface area contributed by atoms with Crippen LogP contribution in [0, 0.1) is 0 Å². The highest BCUT2D eigenvalue weighted by Crippen LogP contribution is 2.28. The first-order valence-corrected chi connectivity index (χ1v) is 7.08. The van der Waals surface area contributed by atoms with Gasteiger partial charge in [-0.1, -0.05) is 0 Å². The Balaban J connectivity index is 2.24. The highest BCUT2D eigenvalue weighted by molar-refractivity contribution is 5.94. The third kappa shape index (κ3) is 4.11. The normalized spacial score (nSPS) is 17.7. The van der Waals surface area contributed by atoms with Gasteiger partial charge in [-0.2, -0.15) is 13.2 Å². The molecule has 0 saturated carbocycles. The molecule has 23 heavy (non-hydrogen) atoms. The molecule has 2 heterocycles. The lowest BCUT2D eigenvalue weighted by molar-refractivity contribution is -0.138. The van der Waals surface area contributed by atoms with Crippen LogP contribution in [0.3, 0.4) is 0 Å². The first-order chi connectivity index (χ1) is 10.8. The number of halogens is 3. The van der Waals surface area contributed by atoms with Gasteiger partial charge in [-0.25, -0.2) is 0 Å². The minimum absolute atomic E-state index is 0.167. The van der Waals surface area contributed by atoms with Crippen molar-refractivity contribution in [3.8, 4) is 0 Å². The number of H-pyrrole nitrogens is 1. The van der Waals surface area contributed by atoms with Gasteiger partial charge in [-0.15, -0.1) is 0 Å². The van der Waals surface area contributed by atoms with Crippen LogP contribution in [0.15, 0.2) is 17.1 Å². The summed E-state index contributed by atoms with van der Waals surface area (Å²) < 4.78 is 43.4. The molecule has 6 nitrogen and oxygen atoms in total. The van der Waals surface area contributed by atoms with E-state index in [1.54, 1.807) is 0 Å².